The van der Waals surface area contributed by atoms with Gasteiger partial charge in [-0.15, -0.1) is 0 Å². The van der Waals surface area contributed by atoms with Crippen LogP contribution in [-0.4, -0.2) is 39.3 Å². The van der Waals surface area contributed by atoms with Gasteiger partial charge in [0.05, 0.1) is 0 Å². The predicted octanol–water partition coefficient (Wildman–Crippen LogP) is 3.09. The summed E-state index contributed by atoms with van der Waals surface area (Å²) in [6.45, 7) is 7.52. The highest BCUT2D eigenvalue weighted by molar-refractivity contribution is 5.79. The Balaban J connectivity index is 1.66. The first-order valence-electron chi connectivity index (χ1n) is 8.79. The maximum absolute atomic E-state index is 13.1. The van der Waals surface area contributed by atoms with Crippen LogP contribution in [0.2, 0.25) is 0 Å². The molecular weight excluding hydrogens is 305 g/mol. The maximum Gasteiger partial charge on any atom is 0.191 e. The molecular formula is C19H30FN3O. The first-order chi connectivity index (χ1) is 11.5. The summed E-state index contributed by atoms with van der Waals surface area (Å²) in [4.78, 5) is 4.25. The third-order valence-electron chi connectivity index (χ3n) is 4.36. The molecule has 0 amide bonds. The van der Waals surface area contributed by atoms with Gasteiger partial charge in [-0.1, -0.05) is 26.0 Å². The van der Waals surface area contributed by atoms with E-state index in [-0.39, 0.29) is 11.2 Å². The second-order valence-corrected chi connectivity index (χ2v) is 7.12. The fourth-order valence-electron chi connectivity index (χ4n) is 2.44. The van der Waals surface area contributed by atoms with Crippen molar-refractivity contribution in [2.24, 2.45) is 10.9 Å². The first-order valence-corrected chi connectivity index (χ1v) is 8.79. The summed E-state index contributed by atoms with van der Waals surface area (Å²) in [5, 5.41) is 6.65. The Labute approximate surface area is 144 Å². The largest absolute Gasteiger partial charge is 0.381 e. The molecule has 0 unspecified atom stereocenters. The molecule has 1 aliphatic rings. The number of guanidine groups is 1. The first kappa shape index (κ1) is 18.7. The van der Waals surface area contributed by atoms with Gasteiger partial charge in [0.25, 0.3) is 0 Å². The summed E-state index contributed by atoms with van der Waals surface area (Å²) < 4.78 is 18.7. The van der Waals surface area contributed by atoms with Crippen molar-refractivity contribution in [1.29, 1.82) is 0 Å². The van der Waals surface area contributed by atoms with E-state index in [1.165, 1.54) is 25.0 Å². The van der Waals surface area contributed by atoms with Gasteiger partial charge in [-0.2, -0.15) is 0 Å². The van der Waals surface area contributed by atoms with E-state index in [0.29, 0.717) is 0 Å². The van der Waals surface area contributed by atoms with E-state index >= 15 is 0 Å². The molecule has 134 valence electrons. The normalized spacial score (nSPS) is 15.4. The van der Waals surface area contributed by atoms with E-state index < -0.39 is 0 Å². The van der Waals surface area contributed by atoms with Crippen LogP contribution in [0.5, 0.6) is 0 Å². The Morgan fingerprint density at radius 3 is 2.58 bits per heavy atom. The van der Waals surface area contributed by atoms with E-state index in [9.17, 15) is 4.39 Å². The molecule has 2 rings (SSSR count). The van der Waals surface area contributed by atoms with Gasteiger partial charge in [0.15, 0.2) is 5.96 Å². The third kappa shape index (κ3) is 6.48. The van der Waals surface area contributed by atoms with Crippen LogP contribution in [0.3, 0.4) is 0 Å². The molecule has 0 spiro atoms. The van der Waals surface area contributed by atoms with Crippen LogP contribution in [0.25, 0.3) is 0 Å². The molecule has 5 heteroatoms. The van der Waals surface area contributed by atoms with Gasteiger partial charge in [0, 0.05) is 38.8 Å². The lowest BCUT2D eigenvalue weighted by Crippen LogP contribution is -2.43. The summed E-state index contributed by atoms with van der Waals surface area (Å²) in [6, 6.07) is 6.69. The van der Waals surface area contributed by atoms with E-state index in [1.54, 1.807) is 7.05 Å². The van der Waals surface area contributed by atoms with E-state index in [2.05, 4.69) is 29.5 Å². The number of aliphatic imine (C=N–C) groups is 1. The standard InChI is InChI=1S/C19H30FN3O/c1-19(2,16-7-9-17(20)10-8-16)14-23-18(21-3)22-11-4-12-24-13-15-5-6-15/h7-10,15H,4-6,11-14H2,1-3H3,(H2,21,22,23). The highest BCUT2D eigenvalue weighted by Crippen LogP contribution is 2.28. The molecule has 1 aliphatic carbocycles. The fraction of sp³-hybridized carbons (Fsp3) is 0.632. The SMILES string of the molecule is CN=C(NCCCOCC1CC1)NCC(C)(C)c1ccc(F)cc1. The van der Waals surface area contributed by atoms with Crippen LogP contribution in [0.4, 0.5) is 4.39 Å². The molecule has 0 atom stereocenters. The van der Waals surface area contributed by atoms with Crippen LogP contribution in [0.1, 0.15) is 38.7 Å². The van der Waals surface area contributed by atoms with Gasteiger partial charge in [0.1, 0.15) is 5.82 Å². The van der Waals surface area contributed by atoms with E-state index in [0.717, 1.165) is 50.2 Å². The highest BCUT2D eigenvalue weighted by atomic mass is 19.1. The van der Waals surface area contributed by atoms with Crippen molar-refractivity contribution >= 4 is 5.96 Å². The minimum atomic E-state index is -0.205. The lowest BCUT2D eigenvalue weighted by atomic mass is 9.84. The van der Waals surface area contributed by atoms with Crippen molar-refractivity contribution in [2.75, 3.05) is 33.4 Å². The van der Waals surface area contributed by atoms with Gasteiger partial charge >= 0.3 is 0 Å². The van der Waals surface area contributed by atoms with E-state index in [4.69, 9.17) is 4.74 Å². The molecule has 1 aromatic rings. The van der Waals surface area contributed by atoms with Crippen molar-refractivity contribution in [3.63, 3.8) is 0 Å². The molecule has 0 radical (unpaired) electrons. The second kappa shape index (κ2) is 9.02. The second-order valence-electron chi connectivity index (χ2n) is 7.12. The smallest absolute Gasteiger partial charge is 0.191 e. The van der Waals surface area contributed by atoms with Crippen LogP contribution in [0.15, 0.2) is 29.3 Å². The monoisotopic (exact) mass is 335 g/mol. The van der Waals surface area contributed by atoms with Gasteiger partial charge in [-0.05, 0) is 42.9 Å². The number of halogens is 1. The lowest BCUT2D eigenvalue weighted by molar-refractivity contribution is 0.123. The van der Waals surface area contributed by atoms with Crippen molar-refractivity contribution in [2.45, 2.75) is 38.5 Å². The average Bonchev–Trinajstić information content (AvgIpc) is 3.38. The Hall–Kier alpha value is -1.62. The predicted molar refractivity (Wildman–Crippen MR) is 97.0 cm³/mol. The topological polar surface area (TPSA) is 45.7 Å². The van der Waals surface area contributed by atoms with Crippen LogP contribution < -0.4 is 10.6 Å². The summed E-state index contributed by atoms with van der Waals surface area (Å²) in [5.41, 5.74) is 0.985. The number of benzene rings is 1. The quantitative estimate of drug-likeness (QED) is 0.414. The van der Waals surface area contributed by atoms with Crippen molar-refractivity contribution in [3.8, 4) is 0 Å². The van der Waals surface area contributed by atoms with Crippen LogP contribution in [-0.2, 0) is 10.2 Å². The minimum absolute atomic E-state index is 0.112. The van der Waals surface area contributed by atoms with Gasteiger partial charge in [0.2, 0.25) is 0 Å². The molecule has 0 bridgehead atoms. The average molecular weight is 335 g/mol. The van der Waals surface area contributed by atoms with Crippen molar-refractivity contribution < 1.29 is 9.13 Å². The molecule has 0 aliphatic heterocycles. The Morgan fingerprint density at radius 1 is 1.25 bits per heavy atom. The maximum atomic E-state index is 13.1. The molecule has 1 aromatic carbocycles. The highest BCUT2D eigenvalue weighted by Gasteiger charge is 2.21. The number of hydrogen-bond donors (Lipinski definition) is 2. The fourth-order valence-corrected chi connectivity index (χ4v) is 2.44. The van der Waals surface area contributed by atoms with Crippen LogP contribution in [0, 0.1) is 11.7 Å². The van der Waals surface area contributed by atoms with Crippen LogP contribution >= 0.6 is 0 Å². The zero-order valence-electron chi connectivity index (χ0n) is 15.1. The summed E-state index contributed by atoms with van der Waals surface area (Å²) >= 11 is 0. The van der Waals surface area contributed by atoms with Gasteiger partial charge in [-0.3, -0.25) is 4.99 Å². The zero-order chi connectivity index (χ0) is 17.4. The summed E-state index contributed by atoms with van der Waals surface area (Å²) in [6.07, 6.45) is 3.63. The molecule has 0 aromatic heterocycles. The van der Waals surface area contributed by atoms with E-state index in [1.807, 2.05) is 12.1 Å². The van der Waals surface area contributed by atoms with Gasteiger partial charge in [-0.25, -0.2) is 4.39 Å². The molecule has 24 heavy (non-hydrogen) atoms. The lowest BCUT2D eigenvalue weighted by Gasteiger charge is -2.26. The summed E-state index contributed by atoms with van der Waals surface area (Å²) in [7, 11) is 1.77. The number of nitrogens with one attached hydrogen (secondary N) is 2. The third-order valence-corrected chi connectivity index (χ3v) is 4.36. The molecule has 2 N–H and O–H groups in total. The molecule has 0 heterocycles. The molecule has 0 saturated heterocycles. The number of ether oxygens (including phenoxy) is 1. The van der Waals surface area contributed by atoms with Crippen molar-refractivity contribution in [3.05, 3.63) is 35.6 Å². The summed E-state index contributed by atoms with van der Waals surface area (Å²) in [5.74, 6) is 1.40. The Bertz CT molecular complexity index is 524. The zero-order valence-corrected chi connectivity index (χ0v) is 15.1. The molecule has 1 saturated carbocycles. The Kier molecular flexibility index (Phi) is 7.03. The van der Waals surface area contributed by atoms with Crippen molar-refractivity contribution in [1.82, 2.24) is 10.6 Å². The molecule has 1 fully saturated rings. The number of rotatable bonds is 9. The number of hydrogen-bond acceptors (Lipinski definition) is 2. The minimum Gasteiger partial charge on any atom is -0.381 e. The Morgan fingerprint density at radius 2 is 1.96 bits per heavy atom. The molecule has 4 nitrogen and oxygen atoms in total. The number of nitrogens with zero attached hydrogens (tertiary/aromatic N) is 1. The van der Waals surface area contributed by atoms with Gasteiger partial charge < -0.3 is 15.4 Å².